The lowest BCUT2D eigenvalue weighted by Crippen LogP contribution is -2.13. The number of aromatic nitrogens is 3. The summed E-state index contributed by atoms with van der Waals surface area (Å²) in [6.07, 6.45) is 1.84. The largest absolute Gasteiger partial charge is 0.494 e. The molecule has 0 radical (unpaired) electrons. The zero-order valence-electron chi connectivity index (χ0n) is 15.7. The van der Waals surface area contributed by atoms with Crippen LogP contribution in [0.15, 0.2) is 36.5 Å². The highest BCUT2D eigenvalue weighted by Gasteiger charge is 2.12. The molecule has 3 aromatic rings. The van der Waals surface area contributed by atoms with Crippen molar-refractivity contribution in [2.24, 2.45) is 7.05 Å². The van der Waals surface area contributed by atoms with Crippen LogP contribution in [0.4, 0.5) is 5.69 Å². The number of fused-ring (bicyclic) bond motifs is 1. The van der Waals surface area contributed by atoms with Crippen molar-refractivity contribution in [3.05, 3.63) is 47.8 Å². The summed E-state index contributed by atoms with van der Waals surface area (Å²) in [4.78, 5) is 28.8. The molecule has 0 aliphatic carbocycles. The van der Waals surface area contributed by atoms with E-state index in [0.717, 1.165) is 22.5 Å². The summed E-state index contributed by atoms with van der Waals surface area (Å²) < 4.78 is 7.06. The first-order valence-corrected chi connectivity index (χ1v) is 8.83. The molecule has 0 fully saturated rings. The van der Waals surface area contributed by atoms with Crippen molar-refractivity contribution in [3.8, 4) is 5.75 Å². The molecule has 0 spiro atoms. The van der Waals surface area contributed by atoms with Crippen molar-refractivity contribution >= 4 is 28.4 Å². The molecule has 0 saturated heterocycles. The van der Waals surface area contributed by atoms with E-state index in [1.54, 1.807) is 35.1 Å². The fourth-order valence-corrected chi connectivity index (χ4v) is 2.87. The standard InChI is InChI=1S/C20H22N4O3/c1-4-27-16-7-5-14(6-8-16)18(25)9-10-19(26)22-15-11-17-13(2)23-24(3)20(17)21-12-15/h5-8,11-12H,4,9-10H2,1-3H3,(H,22,26). The van der Waals surface area contributed by atoms with Gasteiger partial charge in [0.2, 0.25) is 5.91 Å². The summed E-state index contributed by atoms with van der Waals surface area (Å²) >= 11 is 0. The third-order valence-corrected chi connectivity index (χ3v) is 4.21. The van der Waals surface area contributed by atoms with Crippen molar-refractivity contribution in [1.29, 1.82) is 0 Å². The number of anilines is 1. The maximum Gasteiger partial charge on any atom is 0.224 e. The zero-order chi connectivity index (χ0) is 19.4. The van der Waals surface area contributed by atoms with Gasteiger partial charge in [0.05, 0.1) is 24.2 Å². The van der Waals surface area contributed by atoms with Gasteiger partial charge in [0, 0.05) is 30.8 Å². The normalized spacial score (nSPS) is 10.8. The van der Waals surface area contributed by atoms with Crippen LogP contribution in [-0.2, 0) is 11.8 Å². The Balaban J connectivity index is 1.57. The van der Waals surface area contributed by atoms with Crippen molar-refractivity contribution < 1.29 is 14.3 Å². The molecule has 27 heavy (non-hydrogen) atoms. The number of benzene rings is 1. The van der Waals surface area contributed by atoms with Crippen molar-refractivity contribution in [2.75, 3.05) is 11.9 Å². The molecule has 0 bridgehead atoms. The van der Waals surface area contributed by atoms with Gasteiger partial charge in [-0.05, 0) is 44.2 Å². The van der Waals surface area contributed by atoms with Gasteiger partial charge in [-0.2, -0.15) is 5.10 Å². The summed E-state index contributed by atoms with van der Waals surface area (Å²) in [5.74, 6) is 0.419. The Morgan fingerprint density at radius 2 is 1.93 bits per heavy atom. The fraction of sp³-hybridized carbons (Fsp3) is 0.300. The molecule has 0 aliphatic rings. The van der Waals surface area contributed by atoms with Gasteiger partial charge in [-0.3, -0.25) is 14.3 Å². The molecule has 3 rings (SSSR count). The minimum absolute atomic E-state index is 0.0788. The van der Waals surface area contributed by atoms with Gasteiger partial charge in [0.1, 0.15) is 5.75 Å². The van der Waals surface area contributed by atoms with E-state index in [-0.39, 0.29) is 24.5 Å². The Morgan fingerprint density at radius 1 is 1.19 bits per heavy atom. The molecule has 7 heteroatoms. The number of ketones is 1. The van der Waals surface area contributed by atoms with Crippen LogP contribution < -0.4 is 10.1 Å². The zero-order valence-corrected chi connectivity index (χ0v) is 15.7. The molecule has 0 aliphatic heterocycles. The highest BCUT2D eigenvalue weighted by atomic mass is 16.5. The Bertz CT molecular complexity index is 977. The second-order valence-electron chi connectivity index (χ2n) is 6.23. The number of nitrogens with one attached hydrogen (secondary N) is 1. The van der Waals surface area contributed by atoms with Crippen LogP contribution in [0.5, 0.6) is 5.75 Å². The summed E-state index contributed by atoms with van der Waals surface area (Å²) in [6.45, 7) is 4.37. The molecule has 0 unspecified atom stereocenters. The monoisotopic (exact) mass is 366 g/mol. The quantitative estimate of drug-likeness (QED) is 0.649. The van der Waals surface area contributed by atoms with Gasteiger partial charge in [-0.25, -0.2) is 4.98 Å². The molecule has 7 nitrogen and oxygen atoms in total. The third kappa shape index (κ3) is 4.31. The number of carbonyl (C=O) groups is 2. The van der Waals surface area contributed by atoms with Crippen molar-refractivity contribution in [2.45, 2.75) is 26.7 Å². The lowest BCUT2D eigenvalue weighted by atomic mass is 10.1. The number of amides is 1. The van der Waals surface area contributed by atoms with Crippen molar-refractivity contribution in [3.63, 3.8) is 0 Å². The lowest BCUT2D eigenvalue weighted by Gasteiger charge is -2.06. The van der Waals surface area contributed by atoms with E-state index in [1.165, 1.54) is 0 Å². The molecule has 1 aromatic carbocycles. The Labute approximate surface area is 157 Å². The second-order valence-corrected chi connectivity index (χ2v) is 6.23. The molecule has 0 saturated carbocycles. The fourth-order valence-electron chi connectivity index (χ4n) is 2.87. The number of ether oxygens (including phenoxy) is 1. The number of carbonyl (C=O) groups excluding carboxylic acids is 2. The van der Waals surface area contributed by atoms with Crippen LogP contribution in [0.25, 0.3) is 11.0 Å². The highest BCUT2D eigenvalue weighted by Crippen LogP contribution is 2.19. The average molecular weight is 366 g/mol. The van der Waals surface area contributed by atoms with Gasteiger partial charge in [-0.1, -0.05) is 0 Å². The van der Waals surface area contributed by atoms with Crippen LogP contribution >= 0.6 is 0 Å². The predicted molar refractivity (Wildman–Crippen MR) is 103 cm³/mol. The van der Waals surface area contributed by atoms with E-state index in [2.05, 4.69) is 15.4 Å². The first-order chi connectivity index (χ1) is 13.0. The molecular weight excluding hydrogens is 344 g/mol. The minimum Gasteiger partial charge on any atom is -0.494 e. The average Bonchev–Trinajstić information content (AvgIpc) is 2.94. The predicted octanol–water partition coefficient (Wildman–Crippen LogP) is 3.28. The van der Waals surface area contributed by atoms with E-state index in [1.807, 2.05) is 27.0 Å². The SMILES string of the molecule is CCOc1ccc(C(=O)CCC(=O)Nc2cnc3c(c2)c(C)nn3C)cc1. The topological polar surface area (TPSA) is 86.1 Å². The molecule has 1 amide bonds. The Morgan fingerprint density at radius 3 is 2.63 bits per heavy atom. The van der Waals surface area contributed by atoms with E-state index >= 15 is 0 Å². The van der Waals surface area contributed by atoms with Crippen LogP contribution in [-0.4, -0.2) is 33.1 Å². The van der Waals surface area contributed by atoms with Crippen LogP contribution in [0, 0.1) is 6.92 Å². The number of hydrogen-bond donors (Lipinski definition) is 1. The molecule has 2 aromatic heterocycles. The van der Waals surface area contributed by atoms with E-state index in [0.29, 0.717) is 17.9 Å². The number of nitrogens with zero attached hydrogens (tertiary/aromatic N) is 3. The number of hydrogen-bond acceptors (Lipinski definition) is 5. The molecule has 1 N–H and O–H groups in total. The minimum atomic E-state index is -0.225. The number of aryl methyl sites for hydroxylation is 2. The number of Topliss-reactive ketones (excluding diaryl/α,β-unsaturated/α-hetero) is 1. The molecule has 140 valence electrons. The van der Waals surface area contributed by atoms with E-state index in [4.69, 9.17) is 4.74 Å². The van der Waals surface area contributed by atoms with Crippen molar-refractivity contribution in [1.82, 2.24) is 14.8 Å². The Kier molecular flexibility index (Phi) is 5.49. The molecular formula is C20H22N4O3. The van der Waals surface area contributed by atoms with E-state index < -0.39 is 0 Å². The van der Waals surface area contributed by atoms with Gasteiger partial charge >= 0.3 is 0 Å². The summed E-state index contributed by atoms with van der Waals surface area (Å²) in [5, 5.41) is 7.99. The smallest absolute Gasteiger partial charge is 0.224 e. The maximum atomic E-state index is 12.2. The van der Waals surface area contributed by atoms with Gasteiger partial charge in [0.15, 0.2) is 11.4 Å². The molecule has 2 heterocycles. The highest BCUT2D eigenvalue weighted by molar-refractivity contribution is 6.00. The first-order valence-electron chi connectivity index (χ1n) is 8.83. The van der Waals surface area contributed by atoms with Crippen LogP contribution in [0.3, 0.4) is 0 Å². The lowest BCUT2D eigenvalue weighted by molar-refractivity contribution is -0.116. The van der Waals surface area contributed by atoms with Crippen LogP contribution in [0.1, 0.15) is 35.8 Å². The summed E-state index contributed by atoms with van der Waals surface area (Å²) in [7, 11) is 1.83. The Hall–Kier alpha value is -3.22. The third-order valence-electron chi connectivity index (χ3n) is 4.21. The summed E-state index contributed by atoms with van der Waals surface area (Å²) in [5.41, 5.74) is 2.77. The first kappa shape index (κ1) is 18.6. The maximum absolute atomic E-state index is 12.2. The van der Waals surface area contributed by atoms with Gasteiger partial charge < -0.3 is 10.1 Å². The number of pyridine rings is 1. The van der Waals surface area contributed by atoms with E-state index in [9.17, 15) is 9.59 Å². The second kappa shape index (κ2) is 7.99. The van der Waals surface area contributed by atoms with Gasteiger partial charge in [0.25, 0.3) is 0 Å². The molecule has 0 atom stereocenters. The van der Waals surface area contributed by atoms with Gasteiger partial charge in [-0.15, -0.1) is 0 Å². The number of rotatable bonds is 7. The van der Waals surface area contributed by atoms with Crippen LogP contribution in [0.2, 0.25) is 0 Å². The summed E-state index contributed by atoms with van der Waals surface area (Å²) in [6, 6.07) is 8.79.